The summed E-state index contributed by atoms with van der Waals surface area (Å²) < 4.78 is 9.68. The lowest BCUT2D eigenvalue weighted by atomic mass is 10.5. The van der Waals surface area contributed by atoms with E-state index in [0.717, 1.165) is 0 Å². The largest absolute Gasteiger partial charge is 0.447 e. The van der Waals surface area contributed by atoms with Crippen LogP contribution in [0.5, 0.6) is 0 Å². The van der Waals surface area contributed by atoms with E-state index in [9.17, 15) is 4.79 Å². The van der Waals surface area contributed by atoms with Crippen molar-refractivity contribution < 1.29 is 19.4 Å². The Bertz CT molecular complexity index is 171. The molecule has 0 saturated carbocycles. The van der Waals surface area contributed by atoms with E-state index in [4.69, 9.17) is 14.6 Å². The molecule has 0 spiro atoms. The van der Waals surface area contributed by atoms with Gasteiger partial charge in [-0.1, -0.05) is 0 Å². The van der Waals surface area contributed by atoms with Gasteiger partial charge in [-0.2, -0.15) is 0 Å². The molecule has 0 aromatic rings. The molecule has 2 unspecified atom stereocenters. The molecule has 2 atom stereocenters. The van der Waals surface area contributed by atoms with Gasteiger partial charge in [-0.15, -0.1) is 0 Å². The zero-order valence-electron chi connectivity index (χ0n) is 7.19. The third-order valence-corrected chi connectivity index (χ3v) is 1.63. The molecular formula is C7H13NO4. The smallest absolute Gasteiger partial charge is 0.412 e. The van der Waals surface area contributed by atoms with E-state index in [1.165, 1.54) is 11.8 Å². The Balaban J connectivity index is 2.40. The molecule has 1 amide bonds. The van der Waals surface area contributed by atoms with Crippen LogP contribution in [0.3, 0.4) is 0 Å². The molecule has 5 nitrogen and oxygen atoms in total. The molecule has 0 radical (unpaired) electrons. The summed E-state index contributed by atoms with van der Waals surface area (Å²) in [5.41, 5.74) is 0. The van der Waals surface area contributed by atoms with Crippen LogP contribution in [0.2, 0.25) is 0 Å². The molecular weight excluding hydrogens is 162 g/mol. The number of amides is 1. The molecule has 1 aliphatic rings. The highest BCUT2D eigenvalue weighted by atomic mass is 16.6. The summed E-state index contributed by atoms with van der Waals surface area (Å²) >= 11 is 0. The van der Waals surface area contributed by atoms with Crippen LogP contribution >= 0.6 is 0 Å². The van der Waals surface area contributed by atoms with Gasteiger partial charge in [0.05, 0.1) is 6.54 Å². The predicted molar refractivity (Wildman–Crippen MR) is 40.3 cm³/mol. The minimum Gasteiger partial charge on any atom is -0.447 e. The Morgan fingerprint density at radius 3 is 2.75 bits per heavy atom. The van der Waals surface area contributed by atoms with Gasteiger partial charge in [0, 0.05) is 0 Å². The molecule has 1 fully saturated rings. The first-order valence-electron chi connectivity index (χ1n) is 3.88. The summed E-state index contributed by atoms with van der Waals surface area (Å²) in [7, 11) is 0. The maximum Gasteiger partial charge on any atom is 0.412 e. The standard InChI is InChI=1S/C7H13NO4/c1-5(12-6(2)9)8-3-4-11-7(8)10/h5-6,9H,3-4H2,1-2H3. The minimum atomic E-state index is -0.867. The molecule has 70 valence electrons. The molecule has 1 saturated heterocycles. The molecule has 1 aliphatic heterocycles. The second-order valence-electron chi connectivity index (χ2n) is 2.64. The molecule has 5 heteroatoms. The van der Waals surface area contributed by atoms with Crippen molar-refractivity contribution in [2.45, 2.75) is 26.4 Å². The lowest BCUT2D eigenvalue weighted by Gasteiger charge is -2.22. The van der Waals surface area contributed by atoms with Crippen molar-refractivity contribution in [2.24, 2.45) is 0 Å². The zero-order chi connectivity index (χ0) is 9.14. The Morgan fingerprint density at radius 1 is 1.67 bits per heavy atom. The molecule has 1 heterocycles. The van der Waals surface area contributed by atoms with Gasteiger partial charge in [0.25, 0.3) is 0 Å². The Labute approximate surface area is 70.9 Å². The van der Waals surface area contributed by atoms with Crippen LogP contribution in [0.25, 0.3) is 0 Å². The SMILES string of the molecule is CC(O)OC(C)N1CCOC1=O. The number of rotatable bonds is 3. The Kier molecular flexibility index (Phi) is 2.88. The fourth-order valence-electron chi connectivity index (χ4n) is 1.09. The molecule has 12 heavy (non-hydrogen) atoms. The van der Waals surface area contributed by atoms with Crippen LogP contribution < -0.4 is 0 Å². The van der Waals surface area contributed by atoms with Crippen molar-refractivity contribution in [3.8, 4) is 0 Å². The van der Waals surface area contributed by atoms with Gasteiger partial charge in [0.2, 0.25) is 0 Å². The number of ether oxygens (including phenoxy) is 2. The average molecular weight is 175 g/mol. The summed E-state index contributed by atoms with van der Waals surface area (Å²) in [5, 5.41) is 8.87. The second kappa shape index (κ2) is 3.73. The van der Waals surface area contributed by atoms with E-state index in [1.54, 1.807) is 6.92 Å². The lowest BCUT2D eigenvalue weighted by Crippen LogP contribution is -2.37. The van der Waals surface area contributed by atoms with E-state index in [0.29, 0.717) is 13.2 Å². The van der Waals surface area contributed by atoms with E-state index < -0.39 is 12.5 Å². The van der Waals surface area contributed by atoms with Gasteiger partial charge in [-0.3, -0.25) is 4.90 Å². The van der Waals surface area contributed by atoms with E-state index >= 15 is 0 Å². The molecule has 1 N–H and O–H groups in total. The van der Waals surface area contributed by atoms with Crippen molar-refractivity contribution in [1.82, 2.24) is 4.90 Å². The van der Waals surface area contributed by atoms with Crippen LogP contribution in [-0.4, -0.2) is 41.8 Å². The molecule has 0 aromatic heterocycles. The van der Waals surface area contributed by atoms with Gasteiger partial charge < -0.3 is 14.6 Å². The van der Waals surface area contributed by atoms with Crippen molar-refractivity contribution >= 4 is 6.09 Å². The molecule has 0 aliphatic carbocycles. The predicted octanol–water partition coefficient (Wildman–Crippen LogP) is 0.139. The number of hydrogen-bond acceptors (Lipinski definition) is 4. The highest BCUT2D eigenvalue weighted by Gasteiger charge is 2.27. The summed E-state index contributed by atoms with van der Waals surface area (Å²) in [6.07, 6.45) is -1.68. The van der Waals surface area contributed by atoms with Crippen LogP contribution in [0.4, 0.5) is 4.79 Å². The zero-order valence-corrected chi connectivity index (χ0v) is 7.19. The number of aliphatic hydroxyl groups is 1. The van der Waals surface area contributed by atoms with Gasteiger partial charge in [-0.05, 0) is 13.8 Å². The number of cyclic esters (lactones) is 1. The first-order valence-corrected chi connectivity index (χ1v) is 3.88. The normalized spacial score (nSPS) is 22.2. The summed E-state index contributed by atoms with van der Waals surface area (Å²) in [6, 6.07) is 0. The third-order valence-electron chi connectivity index (χ3n) is 1.63. The van der Waals surface area contributed by atoms with E-state index in [2.05, 4.69) is 0 Å². The number of nitrogens with zero attached hydrogens (tertiary/aromatic N) is 1. The fourth-order valence-corrected chi connectivity index (χ4v) is 1.09. The van der Waals surface area contributed by atoms with Crippen LogP contribution in [0.1, 0.15) is 13.8 Å². The van der Waals surface area contributed by atoms with Gasteiger partial charge in [-0.25, -0.2) is 4.79 Å². The van der Waals surface area contributed by atoms with Gasteiger partial charge >= 0.3 is 6.09 Å². The highest BCUT2D eigenvalue weighted by Crippen LogP contribution is 2.10. The minimum absolute atomic E-state index is 0.386. The van der Waals surface area contributed by atoms with E-state index in [-0.39, 0.29) is 6.09 Å². The summed E-state index contributed by atoms with van der Waals surface area (Å²) in [6.45, 7) is 4.11. The molecule has 1 rings (SSSR count). The number of aliphatic hydroxyl groups excluding tert-OH is 1. The number of hydrogen-bond donors (Lipinski definition) is 1. The van der Waals surface area contributed by atoms with Crippen LogP contribution in [0.15, 0.2) is 0 Å². The average Bonchev–Trinajstić information content (AvgIpc) is 2.33. The van der Waals surface area contributed by atoms with Crippen molar-refractivity contribution in [3.63, 3.8) is 0 Å². The van der Waals surface area contributed by atoms with E-state index in [1.807, 2.05) is 0 Å². The topological polar surface area (TPSA) is 59.0 Å². The summed E-state index contributed by atoms with van der Waals surface area (Å²) in [4.78, 5) is 12.4. The lowest BCUT2D eigenvalue weighted by molar-refractivity contribution is -0.152. The molecule has 0 bridgehead atoms. The first-order chi connectivity index (χ1) is 5.61. The molecule has 0 aromatic carbocycles. The quantitative estimate of drug-likeness (QED) is 0.620. The number of carbonyl (C=O) groups is 1. The van der Waals surface area contributed by atoms with Gasteiger partial charge in [0.15, 0.2) is 6.29 Å². The summed E-state index contributed by atoms with van der Waals surface area (Å²) in [5.74, 6) is 0. The van der Waals surface area contributed by atoms with Crippen molar-refractivity contribution in [1.29, 1.82) is 0 Å². The van der Waals surface area contributed by atoms with Crippen LogP contribution in [0, 0.1) is 0 Å². The van der Waals surface area contributed by atoms with Crippen LogP contribution in [-0.2, 0) is 9.47 Å². The number of carbonyl (C=O) groups excluding carboxylic acids is 1. The first kappa shape index (κ1) is 9.28. The third kappa shape index (κ3) is 2.09. The highest BCUT2D eigenvalue weighted by molar-refractivity contribution is 5.69. The Hall–Kier alpha value is -0.810. The Morgan fingerprint density at radius 2 is 2.33 bits per heavy atom. The van der Waals surface area contributed by atoms with Crippen molar-refractivity contribution in [3.05, 3.63) is 0 Å². The fraction of sp³-hybridized carbons (Fsp3) is 0.857. The second-order valence-corrected chi connectivity index (χ2v) is 2.64. The monoisotopic (exact) mass is 175 g/mol. The van der Waals surface area contributed by atoms with Gasteiger partial charge in [0.1, 0.15) is 12.8 Å². The van der Waals surface area contributed by atoms with Crippen molar-refractivity contribution in [2.75, 3.05) is 13.2 Å². The maximum absolute atomic E-state index is 10.9. The maximum atomic E-state index is 10.9.